The highest BCUT2D eigenvalue weighted by Crippen LogP contribution is 2.39. The summed E-state index contributed by atoms with van der Waals surface area (Å²) in [6, 6.07) is 0. The van der Waals surface area contributed by atoms with Gasteiger partial charge in [0, 0.05) is 0 Å². The molecule has 0 unspecified atom stereocenters. The van der Waals surface area contributed by atoms with Crippen LogP contribution in [0.1, 0.15) is 47.5 Å². The van der Waals surface area contributed by atoms with Crippen molar-refractivity contribution in [2.24, 2.45) is 11.8 Å². The van der Waals surface area contributed by atoms with E-state index in [9.17, 15) is 13.2 Å². The molecule has 0 amide bonds. The van der Waals surface area contributed by atoms with Crippen LogP contribution in [0.15, 0.2) is 0 Å². The highest BCUT2D eigenvalue weighted by molar-refractivity contribution is 4.96. The topological polar surface area (TPSA) is 12.0 Å². The van der Waals surface area contributed by atoms with Crippen molar-refractivity contribution in [1.29, 1.82) is 0 Å². The van der Waals surface area contributed by atoms with Crippen molar-refractivity contribution in [3.05, 3.63) is 0 Å². The van der Waals surface area contributed by atoms with E-state index in [0.29, 0.717) is 6.54 Å². The second-order valence-electron chi connectivity index (χ2n) is 5.31. The minimum absolute atomic E-state index is 0.0272. The molecule has 0 saturated carbocycles. The van der Waals surface area contributed by atoms with Crippen molar-refractivity contribution in [2.75, 3.05) is 6.54 Å². The Balaban J connectivity index is 5.04. The fourth-order valence-corrected chi connectivity index (χ4v) is 2.29. The molecule has 0 atom stereocenters. The average molecular weight is 239 g/mol. The van der Waals surface area contributed by atoms with Crippen molar-refractivity contribution in [1.82, 2.24) is 5.32 Å². The van der Waals surface area contributed by atoms with Gasteiger partial charge < -0.3 is 5.32 Å². The monoisotopic (exact) mass is 239 g/mol. The van der Waals surface area contributed by atoms with E-state index in [1.807, 2.05) is 27.7 Å². The van der Waals surface area contributed by atoms with Gasteiger partial charge in [-0.15, -0.1) is 0 Å². The first-order valence-corrected chi connectivity index (χ1v) is 5.96. The van der Waals surface area contributed by atoms with Gasteiger partial charge in [0.15, 0.2) is 0 Å². The van der Waals surface area contributed by atoms with E-state index in [2.05, 4.69) is 5.32 Å². The van der Waals surface area contributed by atoms with Crippen molar-refractivity contribution in [3.8, 4) is 0 Å². The molecule has 0 aliphatic carbocycles. The summed E-state index contributed by atoms with van der Waals surface area (Å²) in [5.41, 5.74) is -1.72. The van der Waals surface area contributed by atoms with Gasteiger partial charge in [-0.1, -0.05) is 34.6 Å². The molecule has 0 aliphatic rings. The maximum Gasteiger partial charge on any atom is 0.406 e. The first-order chi connectivity index (χ1) is 7.14. The zero-order valence-corrected chi connectivity index (χ0v) is 10.9. The summed E-state index contributed by atoms with van der Waals surface area (Å²) in [5, 5.41) is 2.67. The molecule has 98 valence electrons. The second-order valence-corrected chi connectivity index (χ2v) is 5.31. The van der Waals surface area contributed by atoms with E-state index in [0.717, 1.165) is 0 Å². The number of hydrogen-bond acceptors (Lipinski definition) is 1. The maximum absolute atomic E-state index is 13.2. The third-order valence-corrected chi connectivity index (χ3v) is 2.57. The molecule has 0 aromatic rings. The molecular formula is C12H24F3N. The predicted octanol–water partition coefficient (Wildman–Crippen LogP) is 3.99. The van der Waals surface area contributed by atoms with Crippen LogP contribution in [0.3, 0.4) is 0 Å². The molecule has 0 heterocycles. The van der Waals surface area contributed by atoms with Gasteiger partial charge in [-0.05, 0) is 31.2 Å². The first kappa shape index (κ1) is 15.8. The van der Waals surface area contributed by atoms with Gasteiger partial charge in [0.1, 0.15) is 5.54 Å². The van der Waals surface area contributed by atoms with E-state index >= 15 is 0 Å². The lowest BCUT2D eigenvalue weighted by Gasteiger charge is -2.39. The maximum atomic E-state index is 13.2. The van der Waals surface area contributed by atoms with Crippen LogP contribution in [-0.4, -0.2) is 18.3 Å². The number of rotatable bonds is 6. The third kappa shape index (κ3) is 4.32. The fourth-order valence-electron chi connectivity index (χ4n) is 2.29. The van der Waals surface area contributed by atoms with Crippen molar-refractivity contribution in [3.63, 3.8) is 0 Å². The summed E-state index contributed by atoms with van der Waals surface area (Å²) in [4.78, 5) is 0. The Bertz CT molecular complexity index is 187. The Morgan fingerprint density at radius 2 is 1.31 bits per heavy atom. The number of hydrogen-bond donors (Lipinski definition) is 1. The van der Waals surface area contributed by atoms with Crippen molar-refractivity contribution >= 4 is 0 Å². The van der Waals surface area contributed by atoms with Crippen LogP contribution in [0.25, 0.3) is 0 Å². The Labute approximate surface area is 96.8 Å². The van der Waals surface area contributed by atoms with Gasteiger partial charge in [-0.3, -0.25) is 0 Å². The Kier molecular flexibility index (Phi) is 5.80. The molecule has 4 heteroatoms. The molecule has 0 radical (unpaired) electrons. The lowest BCUT2D eigenvalue weighted by atomic mass is 9.81. The van der Waals surface area contributed by atoms with E-state index in [1.54, 1.807) is 6.92 Å². The van der Waals surface area contributed by atoms with Crippen LogP contribution in [0.2, 0.25) is 0 Å². The van der Waals surface area contributed by atoms with Crippen molar-refractivity contribution in [2.45, 2.75) is 59.2 Å². The third-order valence-electron chi connectivity index (χ3n) is 2.57. The normalized spacial score (nSPS) is 13.9. The van der Waals surface area contributed by atoms with Gasteiger partial charge in [0.05, 0.1) is 0 Å². The van der Waals surface area contributed by atoms with Gasteiger partial charge >= 0.3 is 6.18 Å². The zero-order chi connectivity index (χ0) is 13.0. The molecule has 1 N–H and O–H groups in total. The van der Waals surface area contributed by atoms with Gasteiger partial charge in [0.25, 0.3) is 0 Å². The summed E-state index contributed by atoms with van der Waals surface area (Å²) in [6.07, 6.45) is -3.90. The van der Waals surface area contributed by atoms with Crippen LogP contribution in [0.5, 0.6) is 0 Å². The smallest absolute Gasteiger partial charge is 0.304 e. The SMILES string of the molecule is CCNC(CC(C)C)(CC(C)C)C(F)(F)F. The van der Waals surface area contributed by atoms with E-state index in [4.69, 9.17) is 0 Å². The number of nitrogens with one attached hydrogen (secondary N) is 1. The molecule has 0 aromatic heterocycles. The molecular weight excluding hydrogens is 215 g/mol. The highest BCUT2D eigenvalue weighted by Gasteiger charge is 2.54. The first-order valence-electron chi connectivity index (χ1n) is 5.96. The van der Waals surface area contributed by atoms with E-state index in [1.165, 1.54) is 0 Å². The van der Waals surface area contributed by atoms with Crippen LogP contribution in [0.4, 0.5) is 13.2 Å². The molecule has 0 bridgehead atoms. The molecule has 0 fully saturated rings. The quantitative estimate of drug-likeness (QED) is 0.739. The molecule has 0 spiro atoms. The van der Waals surface area contributed by atoms with Crippen LogP contribution in [0, 0.1) is 11.8 Å². The van der Waals surface area contributed by atoms with Crippen LogP contribution < -0.4 is 5.32 Å². The Morgan fingerprint density at radius 3 is 1.50 bits per heavy atom. The summed E-state index contributed by atoms with van der Waals surface area (Å²) >= 11 is 0. The van der Waals surface area contributed by atoms with Crippen LogP contribution >= 0.6 is 0 Å². The largest absolute Gasteiger partial charge is 0.406 e. The second kappa shape index (κ2) is 5.89. The molecule has 0 aliphatic heterocycles. The lowest BCUT2D eigenvalue weighted by molar-refractivity contribution is -0.206. The molecule has 0 rings (SSSR count). The fraction of sp³-hybridized carbons (Fsp3) is 1.00. The van der Waals surface area contributed by atoms with Gasteiger partial charge in [0.2, 0.25) is 0 Å². The van der Waals surface area contributed by atoms with E-state index in [-0.39, 0.29) is 24.7 Å². The minimum atomic E-state index is -4.18. The molecule has 0 saturated heterocycles. The summed E-state index contributed by atoms with van der Waals surface area (Å²) < 4.78 is 39.7. The number of alkyl halides is 3. The van der Waals surface area contributed by atoms with Crippen LogP contribution in [-0.2, 0) is 0 Å². The average Bonchev–Trinajstić information content (AvgIpc) is 1.99. The zero-order valence-electron chi connectivity index (χ0n) is 10.9. The Hall–Kier alpha value is -0.250. The molecule has 1 nitrogen and oxygen atoms in total. The highest BCUT2D eigenvalue weighted by atomic mass is 19.4. The summed E-state index contributed by atoms with van der Waals surface area (Å²) in [7, 11) is 0. The molecule has 16 heavy (non-hydrogen) atoms. The van der Waals surface area contributed by atoms with Gasteiger partial charge in [-0.25, -0.2) is 0 Å². The summed E-state index contributed by atoms with van der Waals surface area (Å²) in [6.45, 7) is 9.40. The Morgan fingerprint density at radius 1 is 0.938 bits per heavy atom. The standard InChI is InChI=1S/C12H24F3N/c1-6-16-11(7-9(2)3,8-10(4)5)12(13,14)15/h9-10,16H,6-8H2,1-5H3. The van der Waals surface area contributed by atoms with Gasteiger partial charge in [-0.2, -0.15) is 13.2 Å². The lowest BCUT2D eigenvalue weighted by Crippen LogP contribution is -2.58. The minimum Gasteiger partial charge on any atom is -0.304 e. The molecule has 0 aromatic carbocycles. The van der Waals surface area contributed by atoms with Crippen molar-refractivity contribution < 1.29 is 13.2 Å². The van der Waals surface area contributed by atoms with E-state index < -0.39 is 11.7 Å². The predicted molar refractivity (Wildman–Crippen MR) is 61.4 cm³/mol. The summed E-state index contributed by atoms with van der Waals surface area (Å²) in [5.74, 6) is 0.0545. The number of halogens is 3.